The van der Waals surface area contributed by atoms with Gasteiger partial charge >= 0.3 is 13.8 Å². The molecule has 0 spiro atoms. The van der Waals surface area contributed by atoms with Gasteiger partial charge in [0.2, 0.25) is 0 Å². The van der Waals surface area contributed by atoms with Gasteiger partial charge in [-0.15, -0.1) is 0 Å². The normalized spacial score (nSPS) is 12.9. The molecule has 0 bridgehead atoms. The van der Waals surface area contributed by atoms with Crippen LogP contribution in [0.2, 0.25) is 0 Å². The van der Waals surface area contributed by atoms with E-state index in [0.29, 0.717) is 6.42 Å². The summed E-state index contributed by atoms with van der Waals surface area (Å²) in [6.45, 7) is 2.26. The van der Waals surface area contributed by atoms with Crippen LogP contribution in [0.1, 0.15) is 135 Å². The zero-order chi connectivity index (χ0) is 22.5. The highest BCUT2D eigenvalue weighted by Gasteiger charge is 2.27. The maximum atomic E-state index is 10.9. The number of hydrogen-bond donors (Lipinski definition) is 3. The van der Waals surface area contributed by atoms with E-state index in [1.54, 1.807) is 0 Å². The van der Waals surface area contributed by atoms with E-state index in [-0.39, 0.29) is 6.42 Å². The van der Waals surface area contributed by atoms with E-state index in [1.807, 2.05) is 0 Å². The first-order valence-electron chi connectivity index (χ1n) is 12.3. The summed E-state index contributed by atoms with van der Waals surface area (Å²) in [5.41, 5.74) is 0. The van der Waals surface area contributed by atoms with Gasteiger partial charge in [0.15, 0.2) is 6.10 Å². The van der Waals surface area contributed by atoms with Gasteiger partial charge in [0.05, 0.1) is 0 Å². The number of rotatable bonds is 23. The Balaban J connectivity index is 3.29. The lowest BCUT2D eigenvalue weighted by atomic mass is 10.0. The van der Waals surface area contributed by atoms with Gasteiger partial charge in [-0.3, -0.25) is 4.52 Å². The van der Waals surface area contributed by atoms with Crippen LogP contribution in [0, 0.1) is 0 Å². The third-order valence-corrected chi connectivity index (χ3v) is 6.14. The topological polar surface area (TPSA) is 104 Å². The lowest BCUT2D eigenvalue weighted by molar-refractivity contribution is -0.146. The maximum absolute atomic E-state index is 10.9. The van der Waals surface area contributed by atoms with Crippen LogP contribution < -0.4 is 0 Å². The quantitative estimate of drug-likeness (QED) is 0.111. The van der Waals surface area contributed by atoms with Crippen LogP contribution in [-0.4, -0.2) is 27.0 Å². The molecule has 3 N–H and O–H groups in total. The number of phosphoric ester groups is 1. The Hall–Kier alpha value is -0.420. The minimum absolute atomic E-state index is 0.138. The largest absolute Gasteiger partial charge is 0.479 e. The molecule has 1 unspecified atom stereocenters. The number of carboxylic acids is 1. The van der Waals surface area contributed by atoms with Crippen LogP contribution in [0.25, 0.3) is 0 Å². The standard InChI is InChI=1S/C23H47O6P/c1-2-3-4-5-6-7-8-9-10-11-12-13-14-15-16-17-18-19-20-21-22(23(24)25)29-30(26,27)28/h22H,2-21H2,1H3,(H,24,25)(H2,26,27,28). The van der Waals surface area contributed by atoms with Crippen molar-refractivity contribution < 1.29 is 28.8 Å². The lowest BCUT2D eigenvalue weighted by Gasteiger charge is -2.13. The summed E-state index contributed by atoms with van der Waals surface area (Å²) >= 11 is 0. The number of carboxylic acid groups (broad SMARTS) is 1. The van der Waals surface area contributed by atoms with Crippen molar-refractivity contribution in [3.8, 4) is 0 Å². The van der Waals surface area contributed by atoms with Crippen LogP contribution in [0.3, 0.4) is 0 Å². The summed E-state index contributed by atoms with van der Waals surface area (Å²) in [5.74, 6) is -1.32. The fourth-order valence-corrected chi connectivity index (χ4v) is 4.32. The van der Waals surface area contributed by atoms with Crippen molar-refractivity contribution in [1.82, 2.24) is 0 Å². The van der Waals surface area contributed by atoms with Gasteiger partial charge in [0.1, 0.15) is 0 Å². The molecule has 7 heteroatoms. The van der Waals surface area contributed by atoms with Gasteiger partial charge in [-0.05, 0) is 6.42 Å². The summed E-state index contributed by atoms with van der Waals surface area (Å²) < 4.78 is 15.1. The van der Waals surface area contributed by atoms with Gasteiger partial charge in [-0.2, -0.15) is 0 Å². The van der Waals surface area contributed by atoms with Crippen molar-refractivity contribution in [3.63, 3.8) is 0 Å². The first kappa shape index (κ1) is 29.6. The second-order valence-corrected chi connectivity index (χ2v) is 9.77. The molecular weight excluding hydrogens is 403 g/mol. The van der Waals surface area contributed by atoms with E-state index in [2.05, 4.69) is 11.4 Å². The first-order chi connectivity index (χ1) is 14.4. The number of aliphatic carboxylic acids is 1. The Bertz CT molecular complexity index is 437. The molecule has 6 nitrogen and oxygen atoms in total. The Labute approximate surface area is 184 Å². The molecule has 0 aromatic heterocycles. The molecule has 0 aliphatic carbocycles. The zero-order valence-electron chi connectivity index (χ0n) is 19.2. The van der Waals surface area contributed by atoms with E-state index in [9.17, 15) is 9.36 Å². The molecule has 0 radical (unpaired) electrons. The Morgan fingerprint density at radius 2 is 0.967 bits per heavy atom. The lowest BCUT2D eigenvalue weighted by Crippen LogP contribution is -2.22. The summed E-state index contributed by atoms with van der Waals surface area (Å²) in [5, 5.41) is 8.92. The highest BCUT2D eigenvalue weighted by molar-refractivity contribution is 7.46. The van der Waals surface area contributed by atoms with Crippen molar-refractivity contribution in [3.05, 3.63) is 0 Å². The number of hydrogen-bond acceptors (Lipinski definition) is 3. The smallest absolute Gasteiger partial charge is 0.470 e. The number of carbonyl (C=O) groups is 1. The third-order valence-electron chi connectivity index (χ3n) is 5.61. The molecule has 0 saturated heterocycles. The van der Waals surface area contributed by atoms with Gasteiger partial charge in [-0.1, -0.05) is 129 Å². The van der Waals surface area contributed by atoms with Crippen molar-refractivity contribution in [2.24, 2.45) is 0 Å². The molecule has 0 amide bonds. The van der Waals surface area contributed by atoms with Crippen LogP contribution in [-0.2, 0) is 13.9 Å². The van der Waals surface area contributed by atoms with Crippen molar-refractivity contribution in [2.75, 3.05) is 0 Å². The zero-order valence-corrected chi connectivity index (χ0v) is 20.1. The van der Waals surface area contributed by atoms with Crippen LogP contribution >= 0.6 is 7.82 Å². The van der Waals surface area contributed by atoms with Crippen molar-refractivity contribution in [1.29, 1.82) is 0 Å². The molecule has 30 heavy (non-hydrogen) atoms. The van der Waals surface area contributed by atoms with E-state index in [0.717, 1.165) is 19.3 Å². The monoisotopic (exact) mass is 450 g/mol. The predicted molar refractivity (Wildman–Crippen MR) is 123 cm³/mol. The minimum Gasteiger partial charge on any atom is -0.479 e. The fraction of sp³-hybridized carbons (Fsp3) is 0.957. The molecule has 1 atom stereocenters. The van der Waals surface area contributed by atoms with Crippen LogP contribution in [0.15, 0.2) is 0 Å². The van der Waals surface area contributed by atoms with Crippen LogP contribution in [0.5, 0.6) is 0 Å². The highest BCUT2D eigenvalue weighted by Crippen LogP contribution is 2.38. The van der Waals surface area contributed by atoms with Crippen LogP contribution in [0.4, 0.5) is 0 Å². The third kappa shape index (κ3) is 22.3. The summed E-state index contributed by atoms with van der Waals surface area (Å²) in [7, 11) is -4.75. The fourth-order valence-electron chi connectivity index (χ4n) is 3.80. The molecule has 180 valence electrons. The molecule has 0 saturated carbocycles. The van der Waals surface area contributed by atoms with E-state index < -0.39 is 19.9 Å². The Kier molecular flexibility index (Phi) is 20.2. The van der Waals surface area contributed by atoms with Gasteiger partial charge in [0.25, 0.3) is 0 Å². The van der Waals surface area contributed by atoms with Crippen molar-refractivity contribution in [2.45, 2.75) is 141 Å². The number of unbranched alkanes of at least 4 members (excludes halogenated alkanes) is 18. The first-order valence-corrected chi connectivity index (χ1v) is 13.9. The summed E-state index contributed by atoms with van der Waals surface area (Å²) in [6.07, 6.45) is 22.8. The molecule has 0 aromatic rings. The minimum atomic E-state index is -4.75. The average molecular weight is 451 g/mol. The second kappa shape index (κ2) is 20.5. The van der Waals surface area contributed by atoms with E-state index >= 15 is 0 Å². The van der Waals surface area contributed by atoms with Gasteiger partial charge in [0, 0.05) is 0 Å². The molecule has 0 heterocycles. The Morgan fingerprint density at radius 3 is 1.23 bits per heavy atom. The molecular formula is C23H47O6P. The maximum Gasteiger partial charge on any atom is 0.470 e. The van der Waals surface area contributed by atoms with Gasteiger partial charge in [-0.25, -0.2) is 9.36 Å². The van der Waals surface area contributed by atoms with Crippen molar-refractivity contribution >= 4 is 13.8 Å². The predicted octanol–water partition coefficient (Wildman–Crippen LogP) is 7.37. The summed E-state index contributed by atoms with van der Waals surface area (Å²) in [4.78, 5) is 28.4. The van der Waals surface area contributed by atoms with E-state index in [1.165, 1.54) is 96.3 Å². The Morgan fingerprint density at radius 1 is 0.667 bits per heavy atom. The van der Waals surface area contributed by atoms with E-state index in [4.69, 9.17) is 14.9 Å². The molecule has 0 fully saturated rings. The van der Waals surface area contributed by atoms with Gasteiger partial charge < -0.3 is 14.9 Å². The molecule has 0 aliphatic rings. The molecule has 0 aliphatic heterocycles. The average Bonchev–Trinajstić information content (AvgIpc) is 2.67. The number of phosphoric acid groups is 1. The second-order valence-electron chi connectivity index (χ2n) is 8.58. The summed E-state index contributed by atoms with van der Waals surface area (Å²) in [6, 6.07) is 0. The SMILES string of the molecule is CCCCCCCCCCCCCCCCCCCCCC(OP(=O)(O)O)C(=O)O. The highest BCUT2D eigenvalue weighted by atomic mass is 31.2. The molecule has 0 aromatic carbocycles. The molecule has 0 rings (SSSR count).